The van der Waals surface area contributed by atoms with Crippen LogP contribution in [0.15, 0.2) is 18.2 Å². The third-order valence-electron chi connectivity index (χ3n) is 1.56. The summed E-state index contributed by atoms with van der Waals surface area (Å²) in [4.78, 5) is 0. The molecule has 0 bridgehead atoms. The molecule has 0 radical (unpaired) electrons. The lowest BCUT2D eigenvalue weighted by molar-refractivity contribution is 0.126. The van der Waals surface area contributed by atoms with Crippen molar-refractivity contribution in [2.45, 2.75) is 13.0 Å². The van der Waals surface area contributed by atoms with Crippen LogP contribution >= 0.6 is 0 Å². The van der Waals surface area contributed by atoms with Gasteiger partial charge in [0.1, 0.15) is 6.10 Å². The quantitative estimate of drug-likeness (QED) is 0.609. The van der Waals surface area contributed by atoms with E-state index < -0.39 is 6.10 Å². The second-order valence-electron chi connectivity index (χ2n) is 2.73. The fourth-order valence-electron chi connectivity index (χ4n) is 0.860. The highest BCUT2D eigenvalue weighted by molar-refractivity contribution is 5.48. The van der Waals surface area contributed by atoms with E-state index in [4.69, 9.17) is 14.9 Å². The van der Waals surface area contributed by atoms with Crippen LogP contribution in [0.2, 0.25) is 0 Å². The summed E-state index contributed by atoms with van der Waals surface area (Å²) in [6.45, 7) is 1.51. The van der Waals surface area contributed by atoms with Crippen LogP contribution in [0.4, 0.5) is 0 Å². The average molecular weight is 184 g/mol. The number of aromatic hydroxyl groups is 2. The molecule has 1 atom stereocenters. The molecule has 0 amide bonds. The van der Waals surface area contributed by atoms with Gasteiger partial charge < -0.3 is 20.1 Å². The monoisotopic (exact) mass is 184 g/mol. The van der Waals surface area contributed by atoms with Gasteiger partial charge >= 0.3 is 0 Å². The topological polar surface area (TPSA) is 69.9 Å². The van der Waals surface area contributed by atoms with E-state index in [0.717, 1.165) is 0 Å². The molecule has 0 heterocycles. The number of hydrogen-bond acceptors (Lipinski definition) is 4. The van der Waals surface area contributed by atoms with Gasteiger partial charge in [-0.15, -0.1) is 0 Å². The number of aliphatic hydroxyl groups is 1. The van der Waals surface area contributed by atoms with Gasteiger partial charge in [0.2, 0.25) is 5.75 Å². The third-order valence-corrected chi connectivity index (χ3v) is 1.56. The van der Waals surface area contributed by atoms with Gasteiger partial charge in [-0.25, -0.2) is 0 Å². The number of phenolic OH excluding ortho intramolecular Hbond substituents is 2. The number of benzene rings is 1. The van der Waals surface area contributed by atoms with Crippen molar-refractivity contribution in [1.29, 1.82) is 0 Å². The van der Waals surface area contributed by atoms with Gasteiger partial charge in [0.25, 0.3) is 0 Å². The van der Waals surface area contributed by atoms with E-state index in [-0.39, 0.29) is 23.9 Å². The normalized spacial score (nSPS) is 12.5. The molecule has 4 heteroatoms. The van der Waals surface area contributed by atoms with E-state index in [2.05, 4.69) is 0 Å². The van der Waals surface area contributed by atoms with Crippen molar-refractivity contribution in [3.63, 3.8) is 0 Å². The molecule has 0 spiro atoms. The van der Waals surface area contributed by atoms with Gasteiger partial charge in [-0.2, -0.15) is 0 Å². The Labute approximate surface area is 76.0 Å². The van der Waals surface area contributed by atoms with Gasteiger partial charge in [0.15, 0.2) is 11.5 Å². The SMILES string of the molecule is CC(CO)Oc1cccc(O)c1O. The zero-order chi connectivity index (χ0) is 9.84. The Bertz CT molecular complexity index is 285. The number of rotatable bonds is 3. The molecular weight excluding hydrogens is 172 g/mol. The van der Waals surface area contributed by atoms with Gasteiger partial charge in [-0.3, -0.25) is 0 Å². The minimum atomic E-state index is -0.410. The van der Waals surface area contributed by atoms with Crippen molar-refractivity contribution >= 4 is 0 Å². The molecule has 1 aromatic rings. The lowest BCUT2D eigenvalue weighted by Gasteiger charge is -2.13. The Kier molecular flexibility index (Phi) is 2.97. The first-order valence-corrected chi connectivity index (χ1v) is 3.93. The fourth-order valence-corrected chi connectivity index (χ4v) is 0.860. The van der Waals surface area contributed by atoms with Crippen LogP contribution in [0.5, 0.6) is 17.2 Å². The first-order valence-electron chi connectivity index (χ1n) is 3.93. The molecule has 72 valence electrons. The molecule has 4 nitrogen and oxygen atoms in total. The number of phenols is 2. The molecule has 0 saturated carbocycles. The summed E-state index contributed by atoms with van der Waals surface area (Å²) >= 11 is 0. The summed E-state index contributed by atoms with van der Waals surface area (Å²) in [5.74, 6) is -0.369. The first kappa shape index (κ1) is 9.67. The number of aliphatic hydroxyl groups excluding tert-OH is 1. The largest absolute Gasteiger partial charge is 0.504 e. The minimum Gasteiger partial charge on any atom is -0.504 e. The number of hydrogen-bond donors (Lipinski definition) is 3. The molecule has 0 saturated heterocycles. The molecule has 0 fully saturated rings. The van der Waals surface area contributed by atoms with Gasteiger partial charge in [-0.1, -0.05) is 6.07 Å². The van der Waals surface area contributed by atoms with E-state index in [0.29, 0.717) is 0 Å². The van der Waals surface area contributed by atoms with Crippen molar-refractivity contribution in [1.82, 2.24) is 0 Å². The van der Waals surface area contributed by atoms with Gasteiger partial charge in [-0.05, 0) is 19.1 Å². The van der Waals surface area contributed by atoms with E-state index in [1.54, 1.807) is 13.0 Å². The van der Waals surface area contributed by atoms with E-state index in [9.17, 15) is 5.11 Å². The van der Waals surface area contributed by atoms with Crippen LogP contribution in [0.25, 0.3) is 0 Å². The zero-order valence-corrected chi connectivity index (χ0v) is 7.27. The highest BCUT2D eigenvalue weighted by atomic mass is 16.5. The predicted molar refractivity (Wildman–Crippen MR) is 46.9 cm³/mol. The summed E-state index contributed by atoms with van der Waals surface area (Å²) in [5, 5.41) is 27.1. The molecule has 3 N–H and O–H groups in total. The van der Waals surface area contributed by atoms with Crippen LogP contribution in [0.3, 0.4) is 0 Å². The van der Waals surface area contributed by atoms with Crippen molar-refractivity contribution in [2.75, 3.05) is 6.61 Å². The van der Waals surface area contributed by atoms with Crippen LogP contribution < -0.4 is 4.74 Å². The van der Waals surface area contributed by atoms with Crippen molar-refractivity contribution in [3.8, 4) is 17.2 Å². The zero-order valence-electron chi connectivity index (χ0n) is 7.27. The smallest absolute Gasteiger partial charge is 0.200 e. The Morgan fingerprint density at radius 3 is 2.69 bits per heavy atom. The minimum absolute atomic E-state index is 0.144. The van der Waals surface area contributed by atoms with Crippen LogP contribution in [-0.2, 0) is 0 Å². The Morgan fingerprint density at radius 1 is 1.38 bits per heavy atom. The molecule has 1 rings (SSSR count). The Hall–Kier alpha value is -1.42. The molecule has 0 aromatic heterocycles. The molecule has 13 heavy (non-hydrogen) atoms. The standard InChI is InChI=1S/C9H12O4/c1-6(5-10)13-8-4-2-3-7(11)9(8)12/h2-4,6,10-12H,5H2,1H3. The summed E-state index contributed by atoms with van der Waals surface area (Å²) in [5.41, 5.74) is 0. The van der Waals surface area contributed by atoms with E-state index >= 15 is 0 Å². The molecular formula is C9H12O4. The highest BCUT2D eigenvalue weighted by Crippen LogP contribution is 2.34. The molecule has 1 aromatic carbocycles. The molecule has 0 aliphatic carbocycles. The second-order valence-corrected chi connectivity index (χ2v) is 2.73. The molecule has 1 unspecified atom stereocenters. The second kappa shape index (κ2) is 4.00. The van der Waals surface area contributed by atoms with Crippen molar-refractivity contribution < 1.29 is 20.1 Å². The third kappa shape index (κ3) is 2.26. The lowest BCUT2D eigenvalue weighted by atomic mass is 10.3. The molecule has 0 aliphatic heterocycles. The predicted octanol–water partition coefficient (Wildman–Crippen LogP) is 0.857. The van der Waals surface area contributed by atoms with E-state index in [1.807, 2.05) is 0 Å². The van der Waals surface area contributed by atoms with E-state index in [1.165, 1.54) is 12.1 Å². The number of ether oxygens (including phenoxy) is 1. The maximum absolute atomic E-state index is 9.29. The summed E-state index contributed by atoms with van der Waals surface area (Å²) in [7, 11) is 0. The average Bonchev–Trinajstić information content (AvgIpc) is 2.13. The summed E-state index contributed by atoms with van der Waals surface area (Å²) in [6, 6.07) is 4.42. The number of para-hydroxylation sites is 1. The summed E-state index contributed by atoms with van der Waals surface area (Å²) < 4.78 is 5.12. The maximum Gasteiger partial charge on any atom is 0.200 e. The van der Waals surface area contributed by atoms with Crippen LogP contribution in [-0.4, -0.2) is 28.0 Å². The Balaban J connectivity index is 2.83. The van der Waals surface area contributed by atoms with Gasteiger partial charge in [0, 0.05) is 0 Å². The Morgan fingerprint density at radius 2 is 2.08 bits per heavy atom. The molecule has 0 aliphatic rings. The van der Waals surface area contributed by atoms with Crippen LogP contribution in [0.1, 0.15) is 6.92 Å². The van der Waals surface area contributed by atoms with Crippen molar-refractivity contribution in [3.05, 3.63) is 18.2 Å². The maximum atomic E-state index is 9.29. The first-order chi connectivity index (χ1) is 6.15. The van der Waals surface area contributed by atoms with Gasteiger partial charge in [0.05, 0.1) is 6.61 Å². The summed E-state index contributed by atoms with van der Waals surface area (Å²) in [6.07, 6.45) is -0.410. The fraction of sp³-hybridized carbons (Fsp3) is 0.333. The lowest BCUT2D eigenvalue weighted by Crippen LogP contribution is -2.16. The highest BCUT2D eigenvalue weighted by Gasteiger charge is 2.09. The van der Waals surface area contributed by atoms with Crippen LogP contribution in [0, 0.1) is 0 Å². The van der Waals surface area contributed by atoms with Crippen molar-refractivity contribution in [2.24, 2.45) is 0 Å².